The van der Waals surface area contributed by atoms with Gasteiger partial charge in [-0.05, 0) is 0 Å². The predicted molar refractivity (Wildman–Crippen MR) is 64.4 cm³/mol. The van der Waals surface area contributed by atoms with Gasteiger partial charge in [0.25, 0.3) is 0 Å². The first-order chi connectivity index (χ1) is 8.69. The van der Waals surface area contributed by atoms with Crippen molar-refractivity contribution in [3.05, 3.63) is 11.9 Å². The molecule has 0 aliphatic heterocycles. The van der Waals surface area contributed by atoms with Crippen LogP contribution >= 0.6 is 0 Å². The molecule has 0 fully saturated rings. The molecule has 0 saturated heterocycles. The van der Waals surface area contributed by atoms with Crippen molar-refractivity contribution in [1.29, 1.82) is 0 Å². The van der Waals surface area contributed by atoms with E-state index >= 15 is 0 Å². The summed E-state index contributed by atoms with van der Waals surface area (Å²) < 4.78 is 10.2. The Balaban J connectivity index is 2.52. The van der Waals surface area contributed by atoms with E-state index < -0.39 is 6.03 Å². The number of hydrogen-bond donors (Lipinski definition) is 3. The van der Waals surface area contributed by atoms with Crippen molar-refractivity contribution in [3.8, 4) is 11.8 Å². The van der Waals surface area contributed by atoms with E-state index in [0.29, 0.717) is 31.4 Å². The fourth-order valence-corrected chi connectivity index (χ4v) is 1.37. The van der Waals surface area contributed by atoms with Gasteiger partial charge in [-0.25, -0.2) is 14.8 Å². The zero-order chi connectivity index (χ0) is 13.4. The number of methoxy groups -OCH3 is 2. The van der Waals surface area contributed by atoms with E-state index in [-0.39, 0.29) is 0 Å². The number of nitrogens with one attached hydrogen (secondary N) is 2. The number of ether oxygens (including phenoxy) is 2. The van der Waals surface area contributed by atoms with Crippen LogP contribution in [0.15, 0.2) is 6.33 Å². The molecule has 1 aromatic rings. The van der Waals surface area contributed by atoms with E-state index in [2.05, 4.69) is 20.6 Å². The molecule has 0 aliphatic rings. The Morgan fingerprint density at radius 1 is 1.28 bits per heavy atom. The maximum absolute atomic E-state index is 10.5. The molecule has 2 amide bonds. The zero-order valence-electron chi connectivity index (χ0n) is 10.4. The van der Waals surface area contributed by atoms with Crippen molar-refractivity contribution in [2.24, 2.45) is 5.73 Å². The molecule has 0 unspecified atom stereocenters. The Hall–Kier alpha value is -2.09. The Morgan fingerprint density at radius 2 is 1.89 bits per heavy atom. The molecule has 100 valence electrons. The van der Waals surface area contributed by atoms with Crippen LogP contribution in [0.1, 0.15) is 5.56 Å². The topological polar surface area (TPSA) is 111 Å². The molecular formula is C10H17N5O3. The Kier molecular flexibility index (Phi) is 5.65. The van der Waals surface area contributed by atoms with Gasteiger partial charge in [0, 0.05) is 19.6 Å². The fourth-order valence-electron chi connectivity index (χ4n) is 1.37. The summed E-state index contributed by atoms with van der Waals surface area (Å²) in [7, 11) is 3.06. The van der Waals surface area contributed by atoms with E-state index in [0.717, 1.165) is 5.56 Å². The molecule has 18 heavy (non-hydrogen) atoms. The summed E-state index contributed by atoms with van der Waals surface area (Å²) in [6, 6.07) is -0.546. The number of carbonyl (C=O) groups is 1. The van der Waals surface area contributed by atoms with Crippen LogP contribution in [0.4, 0.5) is 4.79 Å². The van der Waals surface area contributed by atoms with Crippen molar-refractivity contribution in [1.82, 2.24) is 20.6 Å². The van der Waals surface area contributed by atoms with Crippen LogP contribution in [-0.4, -0.2) is 43.3 Å². The smallest absolute Gasteiger partial charge is 0.312 e. The summed E-state index contributed by atoms with van der Waals surface area (Å²) in [6.07, 6.45) is 1.37. The zero-order valence-corrected chi connectivity index (χ0v) is 10.4. The summed E-state index contributed by atoms with van der Waals surface area (Å²) in [6.45, 7) is 1.46. The molecule has 8 nitrogen and oxygen atoms in total. The first-order valence-corrected chi connectivity index (χ1v) is 5.35. The second-order valence-electron chi connectivity index (χ2n) is 3.34. The molecule has 0 bridgehead atoms. The molecule has 1 aromatic heterocycles. The Morgan fingerprint density at radius 3 is 2.39 bits per heavy atom. The van der Waals surface area contributed by atoms with Gasteiger partial charge in [0.15, 0.2) is 0 Å². The number of primary amides is 1. The lowest BCUT2D eigenvalue weighted by Gasteiger charge is -2.11. The normalized spacial score (nSPS) is 9.89. The maximum atomic E-state index is 10.5. The third-order valence-corrected chi connectivity index (χ3v) is 2.16. The number of aromatic nitrogens is 2. The first-order valence-electron chi connectivity index (χ1n) is 5.35. The molecule has 1 heterocycles. The molecule has 4 N–H and O–H groups in total. The van der Waals surface area contributed by atoms with Crippen molar-refractivity contribution in [3.63, 3.8) is 0 Å². The quantitative estimate of drug-likeness (QED) is 0.553. The van der Waals surface area contributed by atoms with E-state index in [9.17, 15) is 4.79 Å². The number of urea groups is 1. The lowest BCUT2D eigenvalue weighted by Crippen LogP contribution is -2.35. The predicted octanol–water partition coefficient (Wildman–Crippen LogP) is -0.748. The molecule has 0 spiro atoms. The Labute approximate surface area is 105 Å². The number of nitrogens with two attached hydrogens (primary N) is 1. The molecule has 1 rings (SSSR count). The van der Waals surface area contributed by atoms with Gasteiger partial charge in [-0.3, -0.25) is 0 Å². The van der Waals surface area contributed by atoms with Crippen LogP contribution in [0.5, 0.6) is 11.8 Å². The van der Waals surface area contributed by atoms with Crippen molar-refractivity contribution < 1.29 is 14.3 Å². The second kappa shape index (κ2) is 7.28. The molecule has 0 atom stereocenters. The first kappa shape index (κ1) is 14.0. The van der Waals surface area contributed by atoms with E-state index in [1.54, 1.807) is 0 Å². The van der Waals surface area contributed by atoms with Gasteiger partial charge < -0.3 is 25.8 Å². The van der Waals surface area contributed by atoms with Gasteiger partial charge in [-0.2, -0.15) is 0 Å². The lowest BCUT2D eigenvalue weighted by molar-refractivity contribution is 0.249. The van der Waals surface area contributed by atoms with Crippen LogP contribution < -0.4 is 25.8 Å². The van der Waals surface area contributed by atoms with Gasteiger partial charge in [-0.15, -0.1) is 0 Å². The highest BCUT2D eigenvalue weighted by Gasteiger charge is 2.11. The molecule has 8 heteroatoms. The van der Waals surface area contributed by atoms with E-state index in [4.69, 9.17) is 15.2 Å². The highest BCUT2D eigenvalue weighted by molar-refractivity contribution is 5.71. The van der Waals surface area contributed by atoms with E-state index in [1.807, 2.05) is 0 Å². The summed E-state index contributed by atoms with van der Waals surface area (Å²) in [5, 5.41) is 5.57. The SMILES string of the molecule is COc1ncnc(OC)c1CNCCNC(N)=O. The summed E-state index contributed by atoms with van der Waals surface area (Å²) in [5.41, 5.74) is 5.66. The van der Waals surface area contributed by atoms with E-state index in [1.165, 1.54) is 20.5 Å². The number of rotatable bonds is 7. The van der Waals surface area contributed by atoms with Gasteiger partial charge >= 0.3 is 6.03 Å². The highest BCUT2D eigenvalue weighted by atomic mass is 16.5. The van der Waals surface area contributed by atoms with Gasteiger partial charge in [0.1, 0.15) is 6.33 Å². The van der Waals surface area contributed by atoms with Gasteiger partial charge in [0.2, 0.25) is 11.8 Å². The Bertz CT molecular complexity index is 377. The third kappa shape index (κ3) is 4.06. The fraction of sp³-hybridized carbons (Fsp3) is 0.500. The number of amides is 2. The monoisotopic (exact) mass is 255 g/mol. The summed E-state index contributed by atoms with van der Waals surface area (Å²) in [4.78, 5) is 18.4. The minimum Gasteiger partial charge on any atom is -0.481 e. The van der Waals surface area contributed by atoms with Crippen molar-refractivity contribution in [2.75, 3.05) is 27.3 Å². The van der Waals surface area contributed by atoms with Crippen LogP contribution in [0, 0.1) is 0 Å². The molecule has 0 radical (unpaired) electrons. The molecule has 0 aromatic carbocycles. The molecule has 0 aliphatic carbocycles. The average molecular weight is 255 g/mol. The van der Waals surface area contributed by atoms with Crippen LogP contribution in [0.3, 0.4) is 0 Å². The molecule has 0 saturated carbocycles. The van der Waals surface area contributed by atoms with Gasteiger partial charge in [-0.1, -0.05) is 0 Å². The minimum absolute atomic E-state index is 0.438. The van der Waals surface area contributed by atoms with Crippen molar-refractivity contribution >= 4 is 6.03 Å². The summed E-state index contributed by atoms with van der Waals surface area (Å²) in [5.74, 6) is 0.912. The number of nitrogens with zero attached hydrogens (tertiary/aromatic N) is 2. The highest BCUT2D eigenvalue weighted by Crippen LogP contribution is 2.22. The molecular weight excluding hydrogens is 238 g/mol. The van der Waals surface area contributed by atoms with Crippen LogP contribution in [0.2, 0.25) is 0 Å². The van der Waals surface area contributed by atoms with Crippen LogP contribution in [-0.2, 0) is 6.54 Å². The van der Waals surface area contributed by atoms with Crippen molar-refractivity contribution in [2.45, 2.75) is 6.54 Å². The second-order valence-corrected chi connectivity index (χ2v) is 3.34. The van der Waals surface area contributed by atoms with Crippen LogP contribution in [0.25, 0.3) is 0 Å². The maximum Gasteiger partial charge on any atom is 0.312 e. The number of hydrogen-bond acceptors (Lipinski definition) is 6. The standard InChI is InChI=1S/C10H17N5O3/c1-17-8-7(9(18-2)15-6-14-8)5-12-3-4-13-10(11)16/h6,12H,3-5H2,1-2H3,(H3,11,13,16). The largest absolute Gasteiger partial charge is 0.481 e. The minimum atomic E-state index is -0.546. The van der Waals surface area contributed by atoms with Gasteiger partial charge in [0.05, 0.1) is 19.8 Å². The average Bonchev–Trinajstić information content (AvgIpc) is 2.37. The lowest BCUT2D eigenvalue weighted by atomic mass is 10.3. The third-order valence-electron chi connectivity index (χ3n) is 2.16. The summed E-state index contributed by atoms with van der Waals surface area (Å²) >= 11 is 0. The number of carbonyl (C=O) groups excluding carboxylic acids is 1.